The summed E-state index contributed by atoms with van der Waals surface area (Å²) in [6, 6.07) is 8.03. The van der Waals surface area contributed by atoms with Gasteiger partial charge in [0, 0.05) is 26.1 Å². The van der Waals surface area contributed by atoms with Crippen LogP contribution in [0.3, 0.4) is 0 Å². The molecule has 1 N–H and O–H groups in total. The Labute approximate surface area is 125 Å². The molecule has 0 bridgehead atoms. The van der Waals surface area contributed by atoms with Gasteiger partial charge in [-0.3, -0.25) is 4.79 Å². The van der Waals surface area contributed by atoms with Crippen LogP contribution >= 0.6 is 0 Å². The number of carbonyl (C=O) groups excluding carboxylic acids is 1. The SMILES string of the molecule is CCc1nc2ccccc2n1CC(=O)N1CCCNCC1. The summed E-state index contributed by atoms with van der Waals surface area (Å²) in [6.07, 6.45) is 1.86. The third-order valence-electron chi connectivity index (χ3n) is 4.04. The minimum absolute atomic E-state index is 0.191. The van der Waals surface area contributed by atoms with Gasteiger partial charge in [0.1, 0.15) is 12.4 Å². The van der Waals surface area contributed by atoms with Crippen LogP contribution in [-0.2, 0) is 17.8 Å². The molecule has 5 nitrogen and oxygen atoms in total. The van der Waals surface area contributed by atoms with Crippen LogP contribution in [-0.4, -0.2) is 46.5 Å². The van der Waals surface area contributed by atoms with Crippen LogP contribution < -0.4 is 5.32 Å². The topological polar surface area (TPSA) is 50.2 Å². The lowest BCUT2D eigenvalue weighted by atomic mass is 10.3. The van der Waals surface area contributed by atoms with E-state index < -0.39 is 0 Å². The molecule has 1 amide bonds. The molecule has 0 saturated carbocycles. The number of carbonyl (C=O) groups is 1. The smallest absolute Gasteiger partial charge is 0.242 e. The largest absolute Gasteiger partial charge is 0.340 e. The van der Waals surface area contributed by atoms with E-state index in [0.29, 0.717) is 6.54 Å². The quantitative estimate of drug-likeness (QED) is 0.928. The van der Waals surface area contributed by atoms with E-state index in [1.165, 1.54) is 0 Å². The molecule has 5 heteroatoms. The predicted octanol–water partition coefficient (Wildman–Crippen LogP) is 1.42. The number of aromatic nitrogens is 2. The molecule has 1 saturated heterocycles. The molecule has 0 aliphatic carbocycles. The third-order valence-corrected chi connectivity index (χ3v) is 4.04. The van der Waals surface area contributed by atoms with Crippen molar-refractivity contribution in [1.82, 2.24) is 19.8 Å². The second kappa shape index (κ2) is 6.26. The Hall–Kier alpha value is -1.88. The number of nitrogens with zero attached hydrogens (tertiary/aromatic N) is 3. The highest BCUT2D eigenvalue weighted by molar-refractivity contribution is 5.81. The lowest BCUT2D eigenvalue weighted by Crippen LogP contribution is -2.36. The molecule has 21 heavy (non-hydrogen) atoms. The lowest BCUT2D eigenvalue weighted by molar-refractivity contribution is -0.131. The van der Waals surface area contributed by atoms with E-state index in [1.54, 1.807) is 0 Å². The van der Waals surface area contributed by atoms with Gasteiger partial charge >= 0.3 is 0 Å². The van der Waals surface area contributed by atoms with Crippen molar-refractivity contribution in [3.8, 4) is 0 Å². The molecule has 1 aromatic carbocycles. The third kappa shape index (κ3) is 2.93. The summed E-state index contributed by atoms with van der Waals surface area (Å²) >= 11 is 0. The fourth-order valence-electron chi connectivity index (χ4n) is 2.90. The van der Waals surface area contributed by atoms with Crippen LogP contribution in [0.5, 0.6) is 0 Å². The second-order valence-corrected chi connectivity index (χ2v) is 5.44. The van der Waals surface area contributed by atoms with E-state index in [-0.39, 0.29) is 5.91 Å². The van der Waals surface area contributed by atoms with Gasteiger partial charge < -0.3 is 14.8 Å². The molecule has 2 heterocycles. The number of para-hydroxylation sites is 2. The molecule has 0 radical (unpaired) electrons. The average Bonchev–Trinajstić information content (AvgIpc) is 2.68. The van der Waals surface area contributed by atoms with Gasteiger partial charge in [-0.15, -0.1) is 0 Å². The molecule has 1 aromatic heterocycles. The van der Waals surface area contributed by atoms with Crippen molar-refractivity contribution in [1.29, 1.82) is 0 Å². The average molecular weight is 286 g/mol. The van der Waals surface area contributed by atoms with Gasteiger partial charge in [-0.05, 0) is 25.1 Å². The number of nitrogens with one attached hydrogen (secondary N) is 1. The van der Waals surface area contributed by atoms with Crippen LogP contribution in [0.4, 0.5) is 0 Å². The maximum absolute atomic E-state index is 12.6. The van der Waals surface area contributed by atoms with Gasteiger partial charge in [0.05, 0.1) is 11.0 Å². The maximum Gasteiger partial charge on any atom is 0.242 e. The highest BCUT2D eigenvalue weighted by Crippen LogP contribution is 2.16. The molecule has 0 unspecified atom stereocenters. The molecular formula is C16H22N4O. The molecule has 0 spiro atoms. The zero-order valence-electron chi connectivity index (χ0n) is 12.5. The predicted molar refractivity (Wildman–Crippen MR) is 83.2 cm³/mol. The summed E-state index contributed by atoms with van der Waals surface area (Å²) in [5, 5.41) is 3.33. The Morgan fingerprint density at radius 3 is 3.00 bits per heavy atom. The first-order chi connectivity index (χ1) is 10.3. The Bertz CT molecular complexity index is 626. The van der Waals surface area contributed by atoms with Gasteiger partial charge in [-0.2, -0.15) is 0 Å². The van der Waals surface area contributed by atoms with Gasteiger partial charge in [0.25, 0.3) is 0 Å². The van der Waals surface area contributed by atoms with Crippen LogP contribution in [0.25, 0.3) is 11.0 Å². The van der Waals surface area contributed by atoms with Crippen LogP contribution in [0.2, 0.25) is 0 Å². The summed E-state index contributed by atoms with van der Waals surface area (Å²) in [6.45, 7) is 6.00. The van der Waals surface area contributed by atoms with Gasteiger partial charge in [0.2, 0.25) is 5.91 Å². The number of imidazole rings is 1. The van der Waals surface area contributed by atoms with E-state index in [1.807, 2.05) is 29.2 Å². The molecule has 1 aliphatic rings. The van der Waals surface area contributed by atoms with E-state index in [4.69, 9.17) is 0 Å². The lowest BCUT2D eigenvalue weighted by Gasteiger charge is -2.21. The minimum Gasteiger partial charge on any atom is -0.340 e. The van der Waals surface area contributed by atoms with Crippen molar-refractivity contribution in [2.45, 2.75) is 26.3 Å². The first kappa shape index (κ1) is 14.1. The molecule has 1 fully saturated rings. The molecule has 2 aromatic rings. The van der Waals surface area contributed by atoms with E-state index >= 15 is 0 Å². The summed E-state index contributed by atoms with van der Waals surface area (Å²) in [4.78, 5) is 19.2. The summed E-state index contributed by atoms with van der Waals surface area (Å²) in [5.41, 5.74) is 2.02. The number of hydrogen-bond donors (Lipinski definition) is 1. The van der Waals surface area contributed by atoms with Crippen molar-refractivity contribution in [3.05, 3.63) is 30.1 Å². The number of hydrogen-bond acceptors (Lipinski definition) is 3. The normalized spacial score (nSPS) is 16.1. The molecule has 112 valence electrons. The maximum atomic E-state index is 12.6. The molecule has 1 aliphatic heterocycles. The van der Waals surface area contributed by atoms with Crippen molar-refractivity contribution in [2.75, 3.05) is 26.2 Å². The fourth-order valence-corrected chi connectivity index (χ4v) is 2.90. The number of rotatable bonds is 3. The molecular weight excluding hydrogens is 264 g/mol. The van der Waals surface area contributed by atoms with E-state index in [0.717, 1.165) is 55.9 Å². The number of amides is 1. The number of aryl methyl sites for hydroxylation is 1. The van der Waals surface area contributed by atoms with Crippen molar-refractivity contribution in [2.24, 2.45) is 0 Å². The van der Waals surface area contributed by atoms with Gasteiger partial charge in [-0.1, -0.05) is 19.1 Å². The Morgan fingerprint density at radius 1 is 1.29 bits per heavy atom. The Morgan fingerprint density at radius 2 is 2.14 bits per heavy atom. The molecule has 3 rings (SSSR count). The van der Waals surface area contributed by atoms with Gasteiger partial charge in [-0.25, -0.2) is 4.98 Å². The highest BCUT2D eigenvalue weighted by Gasteiger charge is 2.18. The van der Waals surface area contributed by atoms with Crippen molar-refractivity contribution in [3.63, 3.8) is 0 Å². The number of fused-ring (bicyclic) bond motifs is 1. The van der Waals surface area contributed by atoms with Crippen LogP contribution in [0.1, 0.15) is 19.2 Å². The molecule has 0 atom stereocenters. The fraction of sp³-hybridized carbons (Fsp3) is 0.500. The first-order valence-electron chi connectivity index (χ1n) is 7.72. The summed E-state index contributed by atoms with van der Waals surface area (Å²) in [5.74, 6) is 1.18. The van der Waals surface area contributed by atoms with Gasteiger partial charge in [0.15, 0.2) is 0 Å². The standard InChI is InChI=1S/C16H22N4O/c1-2-15-18-13-6-3-4-7-14(13)20(15)12-16(21)19-10-5-8-17-9-11-19/h3-4,6-7,17H,2,5,8-12H2,1H3. The number of benzene rings is 1. The van der Waals surface area contributed by atoms with E-state index in [2.05, 4.69) is 21.8 Å². The Balaban J connectivity index is 1.84. The van der Waals surface area contributed by atoms with Crippen molar-refractivity contribution >= 4 is 16.9 Å². The zero-order valence-corrected chi connectivity index (χ0v) is 12.5. The summed E-state index contributed by atoms with van der Waals surface area (Å²) in [7, 11) is 0. The van der Waals surface area contributed by atoms with Crippen LogP contribution in [0, 0.1) is 0 Å². The first-order valence-corrected chi connectivity index (χ1v) is 7.72. The second-order valence-electron chi connectivity index (χ2n) is 5.44. The monoisotopic (exact) mass is 286 g/mol. The minimum atomic E-state index is 0.191. The Kier molecular flexibility index (Phi) is 4.20. The van der Waals surface area contributed by atoms with Crippen molar-refractivity contribution < 1.29 is 4.79 Å². The van der Waals surface area contributed by atoms with Crippen LogP contribution in [0.15, 0.2) is 24.3 Å². The highest BCUT2D eigenvalue weighted by atomic mass is 16.2. The zero-order chi connectivity index (χ0) is 14.7. The summed E-state index contributed by atoms with van der Waals surface area (Å²) < 4.78 is 2.07. The van der Waals surface area contributed by atoms with E-state index in [9.17, 15) is 4.79 Å².